The van der Waals surface area contributed by atoms with E-state index in [4.69, 9.17) is 0 Å². The number of aromatic nitrogens is 5. The summed E-state index contributed by atoms with van der Waals surface area (Å²) in [6.45, 7) is 3.18. The van der Waals surface area contributed by atoms with E-state index < -0.39 is 11.2 Å². The van der Waals surface area contributed by atoms with Gasteiger partial charge in [0.2, 0.25) is 10.1 Å². The van der Waals surface area contributed by atoms with Crippen LogP contribution in [0.1, 0.15) is 21.2 Å². The average molecular weight is 347 g/mol. The fraction of sp³-hybridized carbons (Fsp3) is 0.545. The van der Waals surface area contributed by atoms with Crippen molar-refractivity contribution in [3.63, 3.8) is 0 Å². The molecule has 3 rings (SSSR count). The Labute approximate surface area is 132 Å². The fourth-order valence-corrected chi connectivity index (χ4v) is 2.96. The zero-order chi connectivity index (χ0) is 16.6. The Morgan fingerprint density at radius 1 is 1.17 bits per heavy atom. The summed E-state index contributed by atoms with van der Waals surface area (Å²) in [7, 11) is 0. The van der Waals surface area contributed by atoms with Gasteiger partial charge in [0.05, 0.1) is 5.69 Å². The number of rotatable bonds is 2. The maximum absolute atomic E-state index is 12.6. The number of hydrogen-bond donors (Lipinski definition) is 1. The molecule has 0 unspecified atom stereocenters. The number of aromatic amines is 1. The van der Waals surface area contributed by atoms with Crippen molar-refractivity contribution < 1.29 is 18.0 Å². The predicted molar refractivity (Wildman–Crippen MR) is 74.1 cm³/mol. The van der Waals surface area contributed by atoms with Crippen LogP contribution in [0.15, 0.2) is 0 Å². The van der Waals surface area contributed by atoms with Gasteiger partial charge in [0, 0.05) is 26.2 Å². The van der Waals surface area contributed by atoms with Gasteiger partial charge in [-0.1, -0.05) is 11.3 Å². The summed E-state index contributed by atoms with van der Waals surface area (Å²) in [5.74, 6) is -0.246. The molecule has 0 aromatic carbocycles. The van der Waals surface area contributed by atoms with Gasteiger partial charge in [-0.2, -0.15) is 28.6 Å². The molecule has 0 saturated carbocycles. The van der Waals surface area contributed by atoms with Crippen LogP contribution in [0.4, 0.5) is 18.3 Å². The number of aryl methyl sites for hydroxylation is 1. The van der Waals surface area contributed by atoms with Crippen molar-refractivity contribution in [2.24, 2.45) is 0 Å². The van der Waals surface area contributed by atoms with Crippen molar-refractivity contribution >= 4 is 22.4 Å². The quantitative estimate of drug-likeness (QED) is 0.870. The SMILES string of the molecule is Cc1n[nH]nc1C(=O)N1CCN(c2nnc(C(F)(F)F)s2)CC1. The molecule has 2 aromatic rings. The lowest BCUT2D eigenvalue weighted by molar-refractivity contribution is -0.138. The zero-order valence-electron chi connectivity index (χ0n) is 12.0. The van der Waals surface area contributed by atoms with Gasteiger partial charge < -0.3 is 9.80 Å². The van der Waals surface area contributed by atoms with Crippen LogP contribution < -0.4 is 4.90 Å². The Hall–Kier alpha value is -2.24. The number of anilines is 1. The first-order valence-electron chi connectivity index (χ1n) is 6.68. The minimum Gasteiger partial charge on any atom is -0.343 e. The Balaban J connectivity index is 1.63. The lowest BCUT2D eigenvalue weighted by Gasteiger charge is -2.33. The van der Waals surface area contributed by atoms with Crippen molar-refractivity contribution in [1.82, 2.24) is 30.5 Å². The predicted octanol–water partition coefficient (Wildman–Crippen LogP) is 0.946. The summed E-state index contributed by atoms with van der Waals surface area (Å²) in [5.41, 5.74) is 0.769. The molecule has 1 amide bonds. The minimum atomic E-state index is -4.49. The Bertz CT molecular complexity index is 705. The van der Waals surface area contributed by atoms with E-state index in [0.717, 1.165) is 0 Å². The number of H-pyrrole nitrogens is 1. The maximum atomic E-state index is 12.6. The number of hydrogen-bond acceptors (Lipinski definition) is 7. The van der Waals surface area contributed by atoms with Gasteiger partial charge in [-0.15, -0.1) is 10.2 Å². The van der Waals surface area contributed by atoms with Crippen LogP contribution >= 0.6 is 11.3 Å². The molecule has 12 heteroatoms. The summed E-state index contributed by atoms with van der Waals surface area (Å²) in [6, 6.07) is 0. The lowest BCUT2D eigenvalue weighted by Crippen LogP contribution is -2.49. The number of piperazine rings is 1. The molecule has 1 aliphatic heterocycles. The number of carbonyl (C=O) groups is 1. The van der Waals surface area contributed by atoms with Crippen LogP contribution in [0.2, 0.25) is 0 Å². The third-order valence-electron chi connectivity index (χ3n) is 3.42. The molecule has 8 nitrogen and oxygen atoms in total. The Kier molecular flexibility index (Phi) is 3.92. The molecule has 0 aliphatic carbocycles. The van der Waals surface area contributed by atoms with E-state index in [-0.39, 0.29) is 16.7 Å². The van der Waals surface area contributed by atoms with Crippen molar-refractivity contribution in [2.45, 2.75) is 13.1 Å². The third kappa shape index (κ3) is 3.11. The Morgan fingerprint density at radius 3 is 2.39 bits per heavy atom. The smallest absolute Gasteiger partial charge is 0.343 e. The van der Waals surface area contributed by atoms with Gasteiger partial charge in [0.25, 0.3) is 5.91 Å². The van der Waals surface area contributed by atoms with Gasteiger partial charge in [-0.05, 0) is 6.92 Å². The largest absolute Gasteiger partial charge is 0.445 e. The number of nitrogens with one attached hydrogen (secondary N) is 1. The van der Waals surface area contributed by atoms with Gasteiger partial charge in [-0.3, -0.25) is 4.79 Å². The second-order valence-corrected chi connectivity index (χ2v) is 5.88. The molecule has 3 heterocycles. The van der Waals surface area contributed by atoms with Crippen LogP contribution in [0.3, 0.4) is 0 Å². The van der Waals surface area contributed by atoms with Crippen LogP contribution in [-0.4, -0.2) is 62.6 Å². The highest BCUT2D eigenvalue weighted by Gasteiger charge is 2.36. The first kappa shape index (κ1) is 15.6. The standard InChI is InChI=1S/C11H12F3N7OS/c1-6-7(16-19-15-6)8(22)20-2-4-21(5-3-20)10-18-17-9(23-10)11(12,13)14/h2-5H2,1H3,(H,15,16,19). The monoisotopic (exact) mass is 347 g/mol. The molecule has 0 bridgehead atoms. The third-order valence-corrected chi connectivity index (χ3v) is 4.45. The van der Waals surface area contributed by atoms with Crippen molar-refractivity contribution in [3.05, 3.63) is 16.4 Å². The van der Waals surface area contributed by atoms with Crippen LogP contribution in [0.5, 0.6) is 0 Å². The van der Waals surface area contributed by atoms with Crippen molar-refractivity contribution in [3.8, 4) is 0 Å². The molecule has 0 spiro atoms. The molecule has 1 aliphatic rings. The Morgan fingerprint density at radius 2 is 1.87 bits per heavy atom. The molecular weight excluding hydrogens is 335 g/mol. The first-order valence-corrected chi connectivity index (χ1v) is 7.50. The van der Waals surface area contributed by atoms with Crippen LogP contribution in [-0.2, 0) is 6.18 Å². The molecule has 1 fully saturated rings. The first-order chi connectivity index (χ1) is 10.9. The second-order valence-electron chi connectivity index (χ2n) is 4.92. The average Bonchev–Trinajstić information content (AvgIpc) is 3.15. The summed E-state index contributed by atoms with van der Waals surface area (Å²) < 4.78 is 37.7. The van der Waals surface area contributed by atoms with E-state index in [0.29, 0.717) is 43.2 Å². The number of halogens is 3. The lowest BCUT2D eigenvalue weighted by atomic mass is 10.2. The van der Waals surface area contributed by atoms with E-state index in [1.54, 1.807) is 16.7 Å². The highest BCUT2D eigenvalue weighted by molar-refractivity contribution is 7.15. The molecular formula is C11H12F3N7OS. The highest BCUT2D eigenvalue weighted by atomic mass is 32.1. The summed E-state index contributed by atoms with van der Waals surface area (Å²) >= 11 is 0.504. The minimum absolute atomic E-state index is 0.210. The molecule has 0 radical (unpaired) electrons. The molecule has 0 atom stereocenters. The summed E-state index contributed by atoms with van der Waals surface area (Å²) in [5, 5.41) is 16.0. The van der Waals surface area contributed by atoms with Crippen LogP contribution in [0, 0.1) is 6.92 Å². The van der Waals surface area contributed by atoms with Gasteiger partial charge >= 0.3 is 6.18 Å². The molecule has 2 aromatic heterocycles. The fourth-order valence-electron chi connectivity index (χ4n) is 2.19. The van der Waals surface area contributed by atoms with E-state index in [2.05, 4.69) is 25.6 Å². The zero-order valence-corrected chi connectivity index (χ0v) is 12.8. The summed E-state index contributed by atoms with van der Waals surface area (Å²) in [6.07, 6.45) is -4.49. The molecule has 1 saturated heterocycles. The van der Waals surface area contributed by atoms with Gasteiger partial charge in [0.15, 0.2) is 5.69 Å². The maximum Gasteiger partial charge on any atom is 0.445 e. The number of alkyl halides is 3. The topological polar surface area (TPSA) is 90.9 Å². The van der Waals surface area contributed by atoms with Crippen LogP contribution in [0.25, 0.3) is 0 Å². The number of amides is 1. The van der Waals surface area contributed by atoms with Gasteiger partial charge in [0.1, 0.15) is 0 Å². The van der Waals surface area contributed by atoms with Crippen molar-refractivity contribution in [1.29, 1.82) is 0 Å². The van der Waals surface area contributed by atoms with E-state index >= 15 is 0 Å². The highest BCUT2D eigenvalue weighted by Crippen LogP contribution is 2.34. The van der Waals surface area contributed by atoms with E-state index in [1.807, 2.05) is 0 Å². The molecule has 124 valence electrons. The molecule has 1 N–H and O–H groups in total. The van der Waals surface area contributed by atoms with E-state index in [1.165, 1.54) is 0 Å². The number of carbonyl (C=O) groups excluding carboxylic acids is 1. The van der Waals surface area contributed by atoms with Crippen molar-refractivity contribution in [2.75, 3.05) is 31.1 Å². The number of nitrogens with zero attached hydrogens (tertiary/aromatic N) is 6. The normalized spacial score (nSPS) is 16.0. The summed E-state index contributed by atoms with van der Waals surface area (Å²) in [4.78, 5) is 15.5. The molecule has 23 heavy (non-hydrogen) atoms. The van der Waals surface area contributed by atoms with E-state index in [9.17, 15) is 18.0 Å². The second kappa shape index (κ2) is 5.76. The van der Waals surface area contributed by atoms with Gasteiger partial charge in [-0.25, -0.2) is 0 Å².